The maximum Gasteiger partial charge on any atom is 0.173 e. The first kappa shape index (κ1) is 17.6. The molecule has 2 atom stereocenters. The molecule has 1 saturated carbocycles. The number of rotatable bonds is 7. The van der Waals surface area contributed by atoms with Gasteiger partial charge in [0.05, 0.1) is 0 Å². The SMILES string of the molecule is C=C(NCC)c1ccc(OCC(=O)C2CCCC(C)CC2)cc1. The molecule has 1 aromatic rings. The Bertz CT molecular complexity index is 521. The second-order valence-electron chi connectivity index (χ2n) is 6.60. The van der Waals surface area contributed by atoms with Gasteiger partial charge < -0.3 is 10.1 Å². The van der Waals surface area contributed by atoms with E-state index in [1.54, 1.807) is 0 Å². The van der Waals surface area contributed by atoms with Gasteiger partial charge in [-0.1, -0.05) is 32.8 Å². The Kier molecular flexibility index (Phi) is 6.69. The van der Waals surface area contributed by atoms with Crippen LogP contribution in [0.4, 0.5) is 0 Å². The minimum Gasteiger partial charge on any atom is -0.486 e. The fourth-order valence-corrected chi connectivity index (χ4v) is 3.15. The second-order valence-corrected chi connectivity index (χ2v) is 6.60. The number of carbonyl (C=O) groups is 1. The third kappa shape index (κ3) is 5.42. The molecule has 1 aliphatic rings. The smallest absolute Gasteiger partial charge is 0.173 e. The molecule has 2 rings (SSSR count). The lowest BCUT2D eigenvalue weighted by molar-refractivity contribution is -0.125. The van der Waals surface area contributed by atoms with Crippen LogP contribution in [0.25, 0.3) is 5.70 Å². The van der Waals surface area contributed by atoms with Crippen LogP contribution in [-0.2, 0) is 4.79 Å². The molecule has 126 valence electrons. The van der Waals surface area contributed by atoms with Crippen LogP contribution in [0.5, 0.6) is 5.75 Å². The molecule has 0 aliphatic heterocycles. The van der Waals surface area contributed by atoms with Gasteiger partial charge in [0.2, 0.25) is 0 Å². The van der Waals surface area contributed by atoms with Crippen LogP contribution >= 0.6 is 0 Å². The minimum absolute atomic E-state index is 0.187. The van der Waals surface area contributed by atoms with Crippen molar-refractivity contribution in [3.8, 4) is 5.75 Å². The Labute approximate surface area is 140 Å². The van der Waals surface area contributed by atoms with E-state index in [0.29, 0.717) is 0 Å². The van der Waals surface area contributed by atoms with E-state index in [1.807, 2.05) is 31.2 Å². The van der Waals surface area contributed by atoms with Gasteiger partial charge in [-0.15, -0.1) is 0 Å². The predicted octanol–water partition coefficient (Wildman–Crippen LogP) is 4.43. The number of ketones is 1. The zero-order valence-corrected chi connectivity index (χ0v) is 14.4. The van der Waals surface area contributed by atoms with Crippen molar-refractivity contribution in [2.75, 3.05) is 13.2 Å². The van der Waals surface area contributed by atoms with Crippen molar-refractivity contribution in [3.05, 3.63) is 36.4 Å². The van der Waals surface area contributed by atoms with Gasteiger partial charge in [0.1, 0.15) is 12.4 Å². The molecule has 0 spiro atoms. The summed E-state index contributed by atoms with van der Waals surface area (Å²) in [5, 5.41) is 3.19. The second kappa shape index (κ2) is 8.76. The molecular weight excluding hydrogens is 286 g/mol. The summed E-state index contributed by atoms with van der Waals surface area (Å²) in [5.74, 6) is 1.94. The molecule has 2 unspecified atom stereocenters. The van der Waals surface area contributed by atoms with Crippen LogP contribution in [0.2, 0.25) is 0 Å². The highest BCUT2D eigenvalue weighted by molar-refractivity contribution is 5.82. The van der Waals surface area contributed by atoms with Gasteiger partial charge in [0.15, 0.2) is 5.78 Å². The molecule has 0 bridgehead atoms. The maximum absolute atomic E-state index is 12.3. The quantitative estimate of drug-likeness (QED) is 0.756. The van der Waals surface area contributed by atoms with Gasteiger partial charge in [-0.3, -0.25) is 4.79 Å². The first-order valence-corrected chi connectivity index (χ1v) is 8.79. The van der Waals surface area contributed by atoms with Gasteiger partial charge in [-0.05, 0) is 55.5 Å². The predicted molar refractivity (Wildman–Crippen MR) is 95.4 cm³/mol. The van der Waals surface area contributed by atoms with Crippen molar-refractivity contribution in [3.63, 3.8) is 0 Å². The van der Waals surface area contributed by atoms with Crippen molar-refractivity contribution in [2.45, 2.75) is 46.0 Å². The molecule has 0 radical (unpaired) electrons. The standard InChI is InChI=1S/C20H29NO2/c1-4-21-16(3)17-10-12-19(13-11-17)23-14-20(22)18-7-5-6-15(2)8-9-18/h10-13,15,18,21H,3-9,14H2,1-2H3. The van der Waals surface area contributed by atoms with Crippen LogP contribution in [0, 0.1) is 11.8 Å². The summed E-state index contributed by atoms with van der Waals surface area (Å²) < 4.78 is 5.68. The van der Waals surface area contributed by atoms with E-state index in [0.717, 1.165) is 48.7 Å². The van der Waals surface area contributed by atoms with E-state index in [4.69, 9.17) is 4.74 Å². The summed E-state index contributed by atoms with van der Waals surface area (Å²) in [7, 11) is 0. The van der Waals surface area contributed by atoms with Crippen molar-refractivity contribution >= 4 is 11.5 Å². The van der Waals surface area contributed by atoms with E-state index in [1.165, 1.54) is 12.8 Å². The number of ether oxygens (including phenoxy) is 1. The number of nitrogens with one attached hydrogen (secondary N) is 1. The highest BCUT2D eigenvalue weighted by atomic mass is 16.5. The normalized spacial score (nSPS) is 21.3. The summed E-state index contributed by atoms with van der Waals surface area (Å²) in [6, 6.07) is 7.75. The minimum atomic E-state index is 0.187. The zero-order valence-electron chi connectivity index (χ0n) is 14.4. The number of carbonyl (C=O) groups excluding carboxylic acids is 1. The number of hydrogen-bond donors (Lipinski definition) is 1. The van der Waals surface area contributed by atoms with Crippen molar-refractivity contribution in [1.29, 1.82) is 0 Å². The summed E-state index contributed by atoms with van der Waals surface area (Å²) in [6.07, 6.45) is 5.62. The molecular formula is C20H29NO2. The molecule has 0 saturated heterocycles. The summed E-state index contributed by atoms with van der Waals surface area (Å²) in [5.41, 5.74) is 1.95. The Morgan fingerprint density at radius 2 is 1.96 bits per heavy atom. The van der Waals surface area contributed by atoms with E-state index in [9.17, 15) is 4.79 Å². The number of hydrogen-bond acceptors (Lipinski definition) is 3. The van der Waals surface area contributed by atoms with E-state index >= 15 is 0 Å². The maximum atomic E-state index is 12.3. The van der Waals surface area contributed by atoms with Gasteiger partial charge in [0, 0.05) is 18.2 Å². The molecule has 1 fully saturated rings. The van der Waals surface area contributed by atoms with Gasteiger partial charge in [-0.2, -0.15) is 0 Å². The lowest BCUT2D eigenvalue weighted by Gasteiger charge is -2.14. The monoisotopic (exact) mass is 315 g/mol. The Morgan fingerprint density at radius 1 is 1.22 bits per heavy atom. The molecule has 1 aromatic carbocycles. The van der Waals surface area contributed by atoms with Gasteiger partial charge in [0.25, 0.3) is 0 Å². The van der Waals surface area contributed by atoms with Crippen LogP contribution in [0.3, 0.4) is 0 Å². The van der Waals surface area contributed by atoms with Crippen LogP contribution in [0.1, 0.15) is 51.5 Å². The van der Waals surface area contributed by atoms with Crippen molar-refractivity contribution in [1.82, 2.24) is 5.32 Å². The van der Waals surface area contributed by atoms with E-state index < -0.39 is 0 Å². The van der Waals surface area contributed by atoms with Gasteiger partial charge in [-0.25, -0.2) is 0 Å². The lowest BCUT2D eigenvalue weighted by Crippen LogP contribution is -2.21. The first-order valence-electron chi connectivity index (χ1n) is 8.79. The fraction of sp³-hybridized carbons (Fsp3) is 0.550. The van der Waals surface area contributed by atoms with Crippen molar-refractivity contribution < 1.29 is 9.53 Å². The highest BCUT2D eigenvalue weighted by Gasteiger charge is 2.22. The molecule has 3 heteroatoms. The molecule has 1 aliphatic carbocycles. The molecule has 0 aromatic heterocycles. The van der Waals surface area contributed by atoms with Crippen molar-refractivity contribution in [2.24, 2.45) is 11.8 Å². The molecule has 23 heavy (non-hydrogen) atoms. The molecule has 0 amide bonds. The summed E-state index contributed by atoms with van der Waals surface area (Å²) in [6.45, 7) is 9.36. The molecule has 0 heterocycles. The van der Waals surface area contributed by atoms with Crippen LogP contribution in [-0.4, -0.2) is 18.9 Å². The topological polar surface area (TPSA) is 38.3 Å². The zero-order chi connectivity index (χ0) is 16.7. The van der Waals surface area contributed by atoms with Crippen LogP contribution < -0.4 is 10.1 Å². The fourth-order valence-electron chi connectivity index (χ4n) is 3.15. The first-order chi connectivity index (χ1) is 11.1. The van der Waals surface area contributed by atoms with E-state index in [2.05, 4.69) is 18.8 Å². The number of Topliss-reactive ketones (excluding diaryl/α,β-unsaturated/α-hetero) is 1. The Balaban J connectivity index is 1.83. The third-order valence-corrected chi connectivity index (χ3v) is 4.69. The Morgan fingerprint density at radius 3 is 2.65 bits per heavy atom. The Hall–Kier alpha value is -1.77. The average molecular weight is 315 g/mol. The molecule has 1 N–H and O–H groups in total. The third-order valence-electron chi connectivity index (χ3n) is 4.69. The summed E-state index contributed by atoms with van der Waals surface area (Å²) >= 11 is 0. The van der Waals surface area contributed by atoms with Crippen LogP contribution in [0.15, 0.2) is 30.8 Å². The summed E-state index contributed by atoms with van der Waals surface area (Å²) in [4.78, 5) is 12.3. The van der Waals surface area contributed by atoms with E-state index in [-0.39, 0.29) is 18.3 Å². The average Bonchev–Trinajstić information content (AvgIpc) is 2.78. The molecule has 3 nitrogen and oxygen atoms in total. The lowest BCUT2D eigenvalue weighted by atomic mass is 9.95. The number of benzene rings is 1. The largest absolute Gasteiger partial charge is 0.486 e. The van der Waals surface area contributed by atoms with Gasteiger partial charge >= 0.3 is 0 Å². The highest BCUT2D eigenvalue weighted by Crippen LogP contribution is 2.27.